The molecule has 0 unspecified atom stereocenters. The number of hydrogen-bond donors (Lipinski definition) is 1. The van der Waals surface area contributed by atoms with Crippen molar-refractivity contribution in [3.63, 3.8) is 0 Å². The van der Waals surface area contributed by atoms with Crippen LogP contribution in [0.5, 0.6) is 5.75 Å². The fraction of sp³-hybridized carbons (Fsp3) is 0.125. The average molecular weight is 281 g/mol. The predicted molar refractivity (Wildman–Crippen MR) is 78.7 cm³/mol. The Bertz CT molecular complexity index is 710. The molecule has 0 aliphatic rings. The number of aromatic nitrogens is 2. The molecule has 0 fully saturated rings. The number of anilines is 1. The summed E-state index contributed by atoms with van der Waals surface area (Å²) in [6.45, 7) is 0.227. The Morgan fingerprint density at radius 1 is 1.05 bits per heavy atom. The number of nitrogen functional groups attached to an aromatic ring is 1. The van der Waals surface area contributed by atoms with Gasteiger partial charge in [0.15, 0.2) is 12.4 Å². The topological polar surface area (TPSA) is 74.2 Å². The van der Waals surface area contributed by atoms with E-state index in [-0.39, 0.29) is 6.61 Å². The highest BCUT2D eigenvalue weighted by molar-refractivity contribution is 5.43. The number of nitrogens with zero attached hydrogens (tertiary/aromatic N) is 2. The van der Waals surface area contributed by atoms with E-state index in [2.05, 4.69) is 10.1 Å². The summed E-state index contributed by atoms with van der Waals surface area (Å²) in [5.74, 6) is 1.77. The van der Waals surface area contributed by atoms with E-state index in [0.29, 0.717) is 29.6 Å². The Hall–Kier alpha value is -2.82. The summed E-state index contributed by atoms with van der Waals surface area (Å²) in [5, 5.41) is 3.95. The second-order valence-electron chi connectivity index (χ2n) is 4.63. The van der Waals surface area contributed by atoms with E-state index in [1.165, 1.54) is 0 Å². The molecule has 21 heavy (non-hydrogen) atoms. The van der Waals surface area contributed by atoms with Gasteiger partial charge < -0.3 is 15.0 Å². The summed E-state index contributed by atoms with van der Waals surface area (Å²) in [7, 11) is 0. The van der Waals surface area contributed by atoms with Crippen LogP contribution in [0.25, 0.3) is 0 Å². The van der Waals surface area contributed by atoms with E-state index in [1.54, 1.807) is 12.1 Å². The molecule has 2 aromatic carbocycles. The number of rotatable bonds is 5. The minimum absolute atomic E-state index is 0.227. The van der Waals surface area contributed by atoms with Crippen LogP contribution < -0.4 is 10.5 Å². The van der Waals surface area contributed by atoms with E-state index in [0.717, 1.165) is 5.56 Å². The van der Waals surface area contributed by atoms with Gasteiger partial charge in [-0.15, -0.1) is 0 Å². The molecule has 106 valence electrons. The lowest BCUT2D eigenvalue weighted by molar-refractivity contribution is 0.242. The molecule has 0 atom stereocenters. The van der Waals surface area contributed by atoms with Crippen molar-refractivity contribution in [2.45, 2.75) is 13.0 Å². The molecule has 0 saturated carbocycles. The van der Waals surface area contributed by atoms with Crippen LogP contribution in [-0.2, 0) is 13.0 Å². The van der Waals surface area contributed by atoms with Crippen LogP contribution in [0.1, 0.15) is 17.3 Å². The normalized spacial score (nSPS) is 10.5. The maximum Gasteiger partial charge on any atom is 0.264 e. The van der Waals surface area contributed by atoms with Crippen LogP contribution in [0, 0.1) is 0 Å². The molecule has 1 aromatic heterocycles. The Balaban J connectivity index is 1.60. The van der Waals surface area contributed by atoms with E-state index in [9.17, 15) is 0 Å². The van der Waals surface area contributed by atoms with Gasteiger partial charge in [-0.3, -0.25) is 0 Å². The first kappa shape index (κ1) is 13.2. The van der Waals surface area contributed by atoms with Crippen molar-refractivity contribution in [1.29, 1.82) is 0 Å². The van der Waals surface area contributed by atoms with Gasteiger partial charge in [0.1, 0.15) is 5.75 Å². The number of ether oxygens (including phenoxy) is 1. The Labute approximate surface area is 122 Å². The largest absolute Gasteiger partial charge is 0.484 e. The zero-order chi connectivity index (χ0) is 14.5. The summed E-state index contributed by atoms with van der Waals surface area (Å²) < 4.78 is 10.7. The molecule has 0 amide bonds. The van der Waals surface area contributed by atoms with Crippen LogP contribution in [-0.4, -0.2) is 10.1 Å². The van der Waals surface area contributed by atoms with Crippen molar-refractivity contribution in [1.82, 2.24) is 10.1 Å². The van der Waals surface area contributed by atoms with Crippen molar-refractivity contribution in [2.24, 2.45) is 0 Å². The molecular weight excluding hydrogens is 266 g/mol. The van der Waals surface area contributed by atoms with Crippen LogP contribution >= 0.6 is 0 Å². The lowest BCUT2D eigenvalue weighted by Crippen LogP contribution is -1.97. The molecule has 1 heterocycles. The van der Waals surface area contributed by atoms with E-state index < -0.39 is 0 Å². The zero-order valence-corrected chi connectivity index (χ0v) is 11.4. The molecule has 3 rings (SSSR count). The van der Waals surface area contributed by atoms with Crippen LogP contribution in [0.3, 0.4) is 0 Å². The van der Waals surface area contributed by atoms with Gasteiger partial charge in [-0.1, -0.05) is 41.6 Å². The minimum atomic E-state index is 0.227. The fourth-order valence-corrected chi connectivity index (χ4v) is 1.95. The molecule has 3 aromatic rings. The highest BCUT2D eigenvalue weighted by Crippen LogP contribution is 2.16. The molecule has 0 spiro atoms. The van der Waals surface area contributed by atoms with Gasteiger partial charge in [0.2, 0.25) is 0 Å². The van der Waals surface area contributed by atoms with Crippen molar-refractivity contribution >= 4 is 5.69 Å². The third-order valence-corrected chi connectivity index (χ3v) is 2.94. The number of benzene rings is 2. The van der Waals surface area contributed by atoms with Gasteiger partial charge in [-0.2, -0.15) is 4.98 Å². The number of hydrogen-bond acceptors (Lipinski definition) is 5. The molecular formula is C16H15N3O2. The van der Waals surface area contributed by atoms with Crippen LogP contribution in [0.4, 0.5) is 5.69 Å². The van der Waals surface area contributed by atoms with Gasteiger partial charge in [0.25, 0.3) is 5.89 Å². The van der Waals surface area contributed by atoms with Gasteiger partial charge in [0.05, 0.1) is 0 Å². The highest BCUT2D eigenvalue weighted by atomic mass is 16.5. The smallest absolute Gasteiger partial charge is 0.264 e. The van der Waals surface area contributed by atoms with Crippen molar-refractivity contribution in [3.8, 4) is 5.75 Å². The van der Waals surface area contributed by atoms with Crippen LogP contribution in [0.15, 0.2) is 59.1 Å². The van der Waals surface area contributed by atoms with Crippen LogP contribution in [0.2, 0.25) is 0 Å². The van der Waals surface area contributed by atoms with Gasteiger partial charge in [-0.05, 0) is 17.7 Å². The Kier molecular flexibility index (Phi) is 3.82. The SMILES string of the molecule is Nc1cccc(OCc2nc(Cc3ccccc3)no2)c1. The van der Waals surface area contributed by atoms with E-state index >= 15 is 0 Å². The quantitative estimate of drug-likeness (QED) is 0.728. The first-order valence-electron chi connectivity index (χ1n) is 6.63. The Morgan fingerprint density at radius 3 is 2.71 bits per heavy atom. The summed E-state index contributed by atoms with van der Waals surface area (Å²) >= 11 is 0. The molecule has 2 N–H and O–H groups in total. The summed E-state index contributed by atoms with van der Waals surface area (Å²) in [6, 6.07) is 17.2. The third-order valence-electron chi connectivity index (χ3n) is 2.94. The maximum absolute atomic E-state index is 5.69. The lowest BCUT2D eigenvalue weighted by Gasteiger charge is -2.03. The standard InChI is InChI=1S/C16H15N3O2/c17-13-7-4-8-14(10-13)20-11-16-18-15(19-21-16)9-12-5-2-1-3-6-12/h1-8,10H,9,11,17H2. The van der Waals surface area contributed by atoms with Crippen molar-refractivity contribution in [3.05, 3.63) is 71.9 Å². The van der Waals surface area contributed by atoms with Gasteiger partial charge in [-0.25, -0.2) is 0 Å². The summed E-state index contributed by atoms with van der Waals surface area (Å²) in [5.41, 5.74) is 7.48. The second-order valence-corrected chi connectivity index (χ2v) is 4.63. The predicted octanol–water partition coefficient (Wildman–Crippen LogP) is 2.82. The van der Waals surface area contributed by atoms with E-state index in [4.69, 9.17) is 15.0 Å². The second kappa shape index (κ2) is 6.09. The van der Waals surface area contributed by atoms with E-state index in [1.807, 2.05) is 42.5 Å². The molecule has 5 nitrogen and oxygen atoms in total. The number of nitrogens with two attached hydrogens (primary N) is 1. The molecule has 0 aliphatic heterocycles. The van der Waals surface area contributed by atoms with Crippen molar-refractivity contribution in [2.75, 3.05) is 5.73 Å². The maximum atomic E-state index is 5.69. The first-order chi connectivity index (χ1) is 10.3. The van der Waals surface area contributed by atoms with Gasteiger partial charge in [0, 0.05) is 18.2 Å². The summed E-state index contributed by atoms with van der Waals surface area (Å²) in [6.07, 6.45) is 0.641. The fourth-order valence-electron chi connectivity index (χ4n) is 1.95. The average Bonchev–Trinajstić information content (AvgIpc) is 2.94. The Morgan fingerprint density at radius 2 is 1.90 bits per heavy atom. The first-order valence-corrected chi connectivity index (χ1v) is 6.63. The zero-order valence-electron chi connectivity index (χ0n) is 11.4. The molecule has 5 heteroatoms. The third kappa shape index (κ3) is 3.60. The van der Waals surface area contributed by atoms with Crippen molar-refractivity contribution < 1.29 is 9.26 Å². The molecule has 0 radical (unpaired) electrons. The minimum Gasteiger partial charge on any atom is -0.484 e. The molecule has 0 saturated heterocycles. The molecule has 0 aliphatic carbocycles. The summed E-state index contributed by atoms with van der Waals surface area (Å²) in [4.78, 5) is 4.31. The van der Waals surface area contributed by atoms with Gasteiger partial charge >= 0.3 is 0 Å². The molecule has 0 bridgehead atoms. The monoisotopic (exact) mass is 281 g/mol. The lowest BCUT2D eigenvalue weighted by atomic mass is 10.1. The highest BCUT2D eigenvalue weighted by Gasteiger charge is 2.07.